The predicted molar refractivity (Wildman–Crippen MR) is 166 cm³/mol. The van der Waals surface area contributed by atoms with Gasteiger partial charge in [0.1, 0.15) is 0 Å². The van der Waals surface area contributed by atoms with Crippen LogP contribution in [0.4, 0.5) is 17.1 Å². The van der Waals surface area contributed by atoms with Gasteiger partial charge in [0.05, 0.1) is 17.1 Å². The summed E-state index contributed by atoms with van der Waals surface area (Å²) in [5, 5.41) is 0. The van der Waals surface area contributed by atoms with Gasteiger partial charge in [-0.15, -0.1) is 0 Å². The molecule has 4 aromatic rings. The van der Waals surface area contributed by atoms with Crippen LogP contribution in [0.2, 0.25) is 0 Å². The third-order valence-electron chi connectivity index (χ3n) is 7.04. The van der Waals surface area contributed by atoms with E-state index in [-0.39, 0.29) is 5.41 Å². The molecule has 1 aliphatic heterocycles. The van der Waals surface area contributed by atoms with Crippen molar-refractivity contribution in [1.82, 2.24) is 4.98 Å². The number of pyridine rings is 1. The minimum absolute atomic E-state index is 0.149. The third-order valence-corrected chi connectivity index (χ3v) is 7.04. The molecule has 0 saturated carbocycles. The molecular formula is C36H38N2. The fourth-order valence-corrected chi connectivity index (χ4v) is 5.18. The molecule has 1 aliphatic rings. The fraction of sp³-hybridized carbons (Fsp3) is 0.194. The minimum Gasteiger partial charge on any atom is -0.310 e. The summed E-state index contributed by atoms with van der Waals surface area (Å²) in [6, 6.07) is 28.5. The van der Waals surface area contributed by atoms with Gasteiger partial charge >= 0.3 is 0 Å². The van der Waals surface area contributed by atoms with Gasteiger partial charge in [-0.1, -0.05) is 101 Å². The van der Waals surface area contributed by atoms with Crippen molar-refractivity contribution in [3.05, 3.63) is 138 Å². The van der Waals surface area contributed by atoms with Crippen LogP contribution < -0.4 is 4.90 Å². The van der Waals surface area contributed by atoms with Gasteiger partial charge in [0.2, 0.25) is 0 Å². The highest BCUT2D eigenvalue weighted by molar-refractivity contribution is 5.88. The maximum atomic E-state index is 4.61. The van der Waals surface area contributed by atoms with Gasteiger partial charge < -0.3 is 4.90 Å². The monoisotopic (exact) mass is 498 g/mol. The van der Waals surface area contributed by atoms with Crippen LogP contribution in [-0.2, 0) is 5.41 Å². The number of hydrogen-bond donors (Lipinski definition) is 0. The van der Waals surface area contributed by atoms with Gasteiger partial charge in [-0.2, -0.15) is 0 Å². The van der Waals surface area contributed by atoms with E-state index in [4.69, 9.17) is 0 Å². The maximum absolute atomic E-state index is 4.61. The number of anilines is 3. The van der Waals surface area contributed by atoms with E-state index in [1.54, 1.807) is 0 Å². The summed E-state index contributed by atoms with van der Waals surface area (Å²) in [6.07, 6.45) is 9.92. The van der Waals surface area contributed by atoms with Crippen LogP contribution in [0.3, 0.4) is 0 Å². The molecule has 0 aliphatic carbocycles. The average molecular weight is 499 g/mol. The Labute approximate surface area is 228 Å². The number of aryl methyl sites for hydroxylation is 1. The molecule has 0 radical (unpaired) electrons. The Kier molecular flexibility index (Phi) is 8.12. The second-order valence-electron chi connectivity index (χ2n) is 9.83. The lowest BCUT2D eigenvalue weighted by Crippen LogP contribution is -2.30. The number of nitrogens with zero attached hydrogens (tertiary/aromatic N) is 2. The van der Waals surface area contributed by atoms with Gasteiger partial charge in [-0.25, -0.2) is 0 Å². The lowest BCUT2D eigenvalue weighted by atomic mass is 9.72. The normalized spacial score (nSPS) is 13.8. The molecule has 2 heterocycles. The van der Waals surface area contributed by atoms with Crippen molar-refractivity contribution in [2.24, 2.45) is 0 Å². The van der Waals surface area contributed by atoms with Crippen LogP contribution in [0.1, 0.15) is 56.9 Å². The number of benzene rings is 3. The van der Waals surface area contributed by atoms with Crippen molar-refractivity contribution in [3.8, 4) is 11.3 Å². The Balaban J connectivity index is 0.00000164. The quantitative estimate of drug-likeness (QED) is 0.254. The summed E-state index contributed by atoms with van der Waals surface area (Å²) < 4.78 is 0. The van der Waals surface area contributed by atoms with Crippen LogP contribution >= 0.6 is 0 Å². The smallest absolute Gasteiger partial charge is 0.0702 e. The summed E-state index contributed by atoms with van der Waals surface area (Å²) in [5.74, 6) is 0. The molecular weight excluding hydrogens is 460 g/mol. The molecule has 0 bridgehead atoms. The van der Waals surface area contributed by atoms with Crippen molar-refractivity contribution < 1.29 is 0 Å². The third kappa shape index (κ3) is 4.99. The highest BCUT2D eigenvalue weighted by Gasteiger charge is 2.37. The lowest BCUT2D eigenvalue weighted by molar-refractivity contribution is 0.631. The van der Waals surface area contributed by atoms with Gasteiger partial charge in [0.15, 0.2) is 0 Å². The first-order chi connectivity index (χ1) is 18.4. The van der Waals surface area contributed by atoms with E-state index in [0.717, 1.165) is 22.5 Å². The van der Waals surface area contributed by atoms with E-state index in [1.165, 1.54) is 33.6 Å². The second-order valence-corrected chi connectivity index (χ2v) is 9.83. The first-order valence-electron chi connectivity index (χ1n) is 13.5. The van der Waals surface area contributed by atoms with E-state index in [0.29, 0.717) is 0 Å². The summed E-state index contributed by atoms with van der Waals surface area (Å²) in [7, 11) is 0. The summed E-state index contributed by atoms with van der Waals surface area (Å²) in [6.45, 7) is 16.7. The van der Waals surface area contributed by atoms with Crippen molar-refractivity contribution in [2.75, 3.05) is 4.90 Å². The number of rotatable bonds is 5. The molecule has 0 unspecified atom stereocenters. The molecule has 0 amide bonds. The molecule has 2 heteroatoms. The van der Waals surface area contributed by atoms with Crippen molar-refractivity contribution >= 4 is 22.6 Å². The highest BCUT2D eigenvalue weighted by atomic mass is 15.2. The van der Waals surface area contributed by atoms with Gasteiger partial charge in [-0.05, 0) is 78.6 Å². The fourth-order valence-electron chi connectivity index (χ4n) is 5.18. The van der Waals surface area contributed by atoms with Gasteiger partial charge in [0.25, 0.3) is 0 Å². The molecule has 0 atom stereocenters. The van der Waals surface area contributed by atoms with Crippen molar-refractivity contribution in [1.29, 1.82) is 0 Å². The Bertz CT molecular complexity index is 1470. The summed E-state index contributed by atoms with van der Waals surface area (Å²) >= 11 is 0. The molecule has 2 nitrogen and oxygen atoms in total. The standard InChI is InChI=1S/C34H32N2.C2H6/c1-6-10-25(11-7-2)26-14-17-28(18-15-26)36-32-19-13-24(3)22-29(32)34(4,5)30-23-27(16-20-33(30)36)31-12-8-9-21-35-31;1-2/h6-23H,1H2,2-5H3;1-2H3/b11-7-,25-10+;. The molecule has 5 rings (SSSR count). The SMILES string of the molecule is C=C/C=C(\C=C/C)c1ccc(N2c3ccc(C)cc3C(C)(C)c3cc(-c4ccccn4)ccc32)cc1.CC. The number of aromatic nitrogens is 1. The molecule has 192 valence electrons. The zero-order valence-corrected chi connectivity index (χ0v) is 23.5. The van der Waals surface area contributed by atoms with E-state index in [1.807, 2.05) is 51.3 Å². The van der Waals surface area contributed by atoms with E-state index in [9.17, 15) is 0 Å². The molecule has 0 spiro atoms. The molecule has 0 fully saturated rings. The lowest BCUT2D eigenvalue weighted by Gasteiger charge is -2.42. The first-order valence-corrected chi connectivity index (χ1v) is 13.5. The van der Waals surface area contributed by atoms with Crippen molar-refractivity contribution in [3.63, 3.8) is 0 Å². The van der Waals surface area contributed by atoms with Crippen LogP contribution in [0, 0.1) is 6.92 Å². The van der Waals surface area contributed by atoms with Crippen LogP contribution in [0.15, 0.2) is 116 Å². The van der Waals surface area contributed by atoms with Crippen LogP contribution in [0.25, 0.3) is 16.8 Å². The van der Waals surface area contributed by atoms with E-state index < -0.39 is 0 Å². The van der Waals surface area contributed by atoms with Crippen molar-refractivity contribution in [2.45, 2.75) is 47.0 Å². The zero-order chi connectivity index (χ0) is 27.3. The Morgan fingerprint density at radius 2 is 1.55 bits per heavy atom. The molecule has 38 heavy (non-hydrogen) atoms. The molecule has 0 saturated heterocycles. The number of fused-ring (bicyclic) bond motifs is 2. The molecule has 0 N–H and O–H groups in total. The van der Waals surface area contributed by atoms with E-state index >= 15 is 0 Å². The van der Waals surface area contributed by atoms with Crippen LogP contribution in [0.5, 0.6) is 0 Å². The summed E-state index contributed by atoms with van der Waals surface area (Å²) in [5.41, 5.74) is 11.8. The van der Waals surface area contributed by atoms with Gasteiger partial charge in [0, 0.05) is 22.9 Å². The first kappa shape index (κ1) is 26.9. The molecule has 1 aromatic heterocycles. The second kappa shape index (κ2) is 11.5. The average Bonchev–Trinajstić information content (AvgIpc) is 2.95. The number of allylic oxidation sites excluding steroid dienone is 5. The zero-order valence-electron chi connectivity index (χ0n) is 23.5. The Morgan fingerprint density at radius 1 is 0.868 bits per heavy atom. The predicted octanol–water partition coefficient (Wildman–Crippen LogP) is 10.3. The Hall–Kier alpha value is -4.17. The maximum Gasteiger partial charge on any atom is 0.0702 e. The Morgan fingerprint density at radius 3 is 2.18 bits per heavy atom. The van der Waals surface area contributed by atoms with Crippen LogP contribution in [-0.4, -0.2) is 4.98 Å². The summed E-state index contributed by atoms with van der Waals surface area (Å²) in [4.78, 5) is 7.00. The van der Waals surface area contributed by atoms with Gasteiger partial charge in [-0.3, -0.25) is 4.98 Å². The van der Waals surface area contributed by atoms with E-state index in [2.05, 4.69) is 116 Å². The highest BCUT2D eigenvalue weighted by Crippen LogP contribution is 2.52. The molecule has 3 aromatic carbocycles. The number of hydrogen-bond acceptors (Lipinski definition) is 2. The topological polar surface area (TPSA) is 16.1 Å². The largest absolute Gasteiger partial charge is 0.310 e. The minimum atomic E-state index is -0.149.